The van der Waals surface area contributed by atoms with E-state index in [0.717, 1.165) is 27.7 Å². The first-order valence-corrected chi connectivity index (χ1v) is 7.11. The zero-order valence-electron chi connectivity index (χ0n) is 10.9. The smallest absolute Gasteiger partial charge is 0.134 e. The Bertz CT molecular complexity index is 526. The van der Waals surface area contributed by atoms with Gasteiger partial charge in [-0.25, -0.2) is 0 Å². The minimum atomic E-state index is 0.0635. The van der Waals surface area contributed by atoms with E-state index < -0.39 is 0 Å². The zero-order chi connectivity index (χ0) is 13.7. The molecule has 0 saturated heterocycles. The van der Waals surface area contributed by atoms with E-state index in [9.17, 15) is 0 Å². The van der Waals surface area contributed by atoms with Gasteiger partial charge < -0.3 is 19.6 Å². The second kappa shape index (κ2) is 7.05. The number of benzene rings is 1. The van der Waals surface area contributed by atoms with E-state index in [-0.39, 0.29) is 12.6 Å². The van der Waals surface area contributed by atoms with Gasteiger partial charge in [-0.15, -0.1) is 0 Å². The Balaban J connectivity index is 1.91. The van der Waals surface area contributed by atoms with Crippen LogP contribution in [0.25, 0.3) is 11.0 Å². The molecule has 0 fully saturated rings. The maximum atomic E-state index is 8.59. The summed E-state index contributed by atoms with van der Waals surface area (Å²) < 4.78 is 12.0. The molecule has 2 N–H and O–H groups in total. The molecule has 2 aromatic rings. The molecule has 1 unspecified atom stereocenters. The van der Waals surface area contributed by atoms with Crippen LogP contribution >= 0.6 is 15.9 Å². The summed E-state index contributed by atoms with van der Waals surface area (Å²) in [5, 5.41) is 13.0. The minimum Gasteiger partial charge on any atom is -0.459 e. The van der Waals surface area contributed by atoms with E-state index in [1.165, 1.54) is 0 Å². The van der Waals surface area contributed by atoms with Gasteiger partial charge in [-0.1, -0.05) is 15.9 Å². The van der Waals surface area contributed by atoms with Crippen molar-refractivity contribution in [2.75, 3.05) is 26.4 Å². The molecule has 1 aromatic heterocycles. The van der Waals surface area contributed by atoms with Crippen molar-refractivity contribution in [2.24, 2.45) is 0 Å². The molecule has 2 rings (SSSR count). The van der Waals surface area contributed by atoms with Crippen LogP contribution in [0, 0.1) is 0 Å². The lowest BCUT2D eigenvalue weighted by Gasteiger charge is -2.10. The van der Waals surface area contributed by atoms with Gasteiger partial charge in [0, 0.05) is 16.4 Å². The first-order chi connectivity index (χ1) is 9.20. The van der Waals surface area contributed by atoms with Gasteiger partial charge in [0.15, 0.2) is 0 Å². The molecule has 104 valence electrons. The van der Waals surface area contributed by atoms with E-state index >= 15 is 0 Å². The lowest BCUT2D eigenvalue weighted by atomic mass is 10.2. The summed E-state index contributed by atoms with van der Waals surface area (Å²) in [4.78, 5) is 0. The third-order valence-electron chi connectivity index (χ3n) is 2.86. The van der Waals surface area contributed by atoms with Gasteiger partial charge in [0.1, 0.15) is 11.3 Å². The summed E-state index contributed by atoms with van der Waals surface area (Å²) in [6, 6.07) is 8.14. The largest absolute Gasteiger partial charge is 0.459 e. The van der Waals surface area contributed by atoms with Crippen LogP contribution in [0.15, 0.2) is 33.2 Å². The van der Waals surface area contributed by atoms with E-state index in [2.05, 4.69) is 28.2 Å². The van der Waals surface area contributed by atoms with Gasteiger partial charge >= 0.3 is 0 Å². The SMILES string of the molecule is CC(NCCOCCO)c1cc2cc(Br)ccc2o1. The Kier molecular flexibility index (Phi) is 5.39. The van der Waals surface area contributed by atoms with Gasteiger partial charge in [-0.05, 0) is 31.2 Å². The minimum absolute atomic E-state index is 0.0635. The molecule has 0 aliphatic carbocycles. The van der Waals surface area contributed by atoms with Gasteiger partial charge in [-0.2, -0.15) is 0 Å². The number of aliphatic hydroxyl groups is 1. The summed E-state index contributed by atoms with van der Waals surface area (Å²) in [6.45, 7) is 3.81. The Hall–Kier alpha value is -0.880. The number of halogens is 1. The normalized spacial score (nSPS) is 13.0. The summed E-state index contributed by atoms with van der Waals surface area (Å²) >= 11 is 3.45. The molecule has 0 bridgehead atoms. The molecule has 4 nitrogen and oxygen atoms in total. The second-order valence-corrected chi connectivity index (χ2v) is 5.26. The monoisotopic (exact) mass is 327 g/mol. The molecule has 0 saturated carbocycles. The maximum Gasteiger partial charge on any atom is 0.134 e. The lowest BCUT2D eigenvalue weighted by Crippen LogP contribution is -2.23. The van der Waals surface area contributed by atoms with Crippen molar-refractivity contribution in [3.63, 3.8) is 0 Å². The van der Waals surface area contributed by atoms with Gasteiger partial charge in [0.05, 0.1) is 25.9 Å². The summed E-state index contributed by atoms with van der Waals surface area (Å²) in [7, 11) is 0. The molecule has 1 aromatic carbocycles. The van der Waals surface area contributed by atoms with Crippen LogP contribution in [-0.2, 0) is 4.74 Å². The predicted molar refractivity (Wildman–Crippen MR) is 78.2 cm³/mol. The Labute approximate surface area is 120 Å². The summed E-state index contributed by atoms with van der Waals surface area (Å²) in [5.41, 5.74) is 0.892. The van der Waals surface area contributed by atoms with Crippen molar-refractivity contribution in [3.05, 3.63) is 34.5 Å². The van der Waals surface area contributed by atoms with E-state index in [0.29, 0.717) is 13.2 Å². The number of hydrogen-bond donors (Lipinski definition) is 2. The predicted octanol–water partition coefficient (Wildman–Crippen LogP) is 2.85. The van der Waals surface area contributed by atoms with Crippen LogP contribution in [0.1, 0.15) is 18.7 Å². The quantitative estimate of drug-likeness (QED) is 0.768. The number of nitrogens with one attached hydrogen (secondary N) is 1. The molecular formula is C14H18BrNO3. The summed E-state index contributed by atoms with van der Waals surface area (Å²) in [6.07, 6.45) is 0. The number of aliphatic hydroxyl groups excluding tert-OH is 1. The second-order valence-electron chi connectivity index (χ2n) is 4.34. The fourth-order valence-corrected chi connectivity index (χ4v) is 2.24. The van der Waals surface area contributed by atoms with Crippen LogP contribution in [0.2, 0.25) is 0 Å². The molecule has 1 heterocycles. The standard InChI is InChI=1S/C14H18BrNO3/c1-10(16-4-6-18-7-5-17)14-9-11-8-12(15)2-3-13(11)19-14/h2-3,8-10,16-17H,4-7H2,1H3. The van der Waals surface area contributed by atoms with Crippen LogP contribution < -0.4 is 5.32 Å². The Morgan fingerprint density at radius 3 is 3.00 bits per heavy atom. The number of rotatable bonds is 7. The third kappa shape index (κ3) is 4.04. The van der Waals surface area contributed by atoms with Crippen LogP contribution in [0.3, 0.4) is 0 Å². The van der Waals surface area contributed by atoms with Crippen LogP contribution in [0.4, 0.5) is 0 Å². The van der Waals surface area contributed by atoms with Crippen molar-refractivity contribution in [1.82, 2.24) is 5.32 Å². The molecule has 0 aliphatic heterocycles. The molecule has 0 amide bonds. The van der Waals surface area contributed by atoms with Crippen molar-refractivity contribution in [3.8, 4) is 0 Å². The zero-order valence-corrected chi connectivity index (χ0v) is 12.4. The molecule has 0 radical (unpaired) electrons. The van der Waals surface area contributed by atoms with Crippen molar-refractivity contribution in [1.29, 1.82) is 0 Å². The molecule has 1 atom stereocenters. The highest BCUT2D eigenvalue weighted by molar-refractivity contribution is 9.10. The molecule has 0 aliphatic rings. The van der Waals surface area contributed by atoms with Crippen molar-refractivity contribution in [2.45, 2.75) is 13.0 Å². The molecule has 0 spiro atoms. The number of fused-ring (bicyclic) bond motifs is 1. The summed E-state index contributed by atoms with van der Waals surface area (Å²) in [5.74, 6) is 0.912. The number of furan rings is 1. The third-order valence-corrected chi connectivity index (χ3v) is 3.35. The van der Waals surface area contributed by atoms with E-state index in [4.69, 9.17) is 14.3 Å². The maximum absolute atomic E-state index is 8.59. The van der Waals surface area contributed by atoms with E-state index in [1.54, 1.807) is 0 Å². The highest BCUT2D eigenvalue weighted by Gasteiger charge is 2.10. The molecular weight excluding hydrogens is 310 g/mol. The fraction of sp³-hybridized carbons (Fsp3) is 0.429. The average Bonchev–Trinajstić information content (AvgIpc) is 2.81. The van der Waals surface area contributed by atoms with Crippen molar-refractivity contribution >= 4 is 26.9 Å². The van der Waals surface area contributed by atoms with E-state index in [1.807, 2.05) is 24.3 Å². The highest BCUT2D eigenvalue weighted by Crippen LogP contribution is 2.26. The topological polar surface area (TPSA) is 54.6 Å². The van der Waals surface area contributed by atoms with Gasteiger partial charge in [0.2, 0.25) is 0 Å². The Morgan fingerprint density at radius 2 is 2.21 bits per heavy atom. The number of ether oxygens (including phenoxy) is 1. The molecule has 5 heteroatoms. The van der Waals surface area contributed by atoms with Crippen molar-refractivity contribution < 1.29 is 14.3 Å². The van der Waals surface area contributed by atoms with Gasteiger partial charge in [-0.3, -0.25) is 0 Å². The number of hydrogen-bond acceptors (Lipinski definition) is 4. The first kappa shape index (κ1) is 14.5. The fourth-order valence-electron chi connectivity index (χ4n) is 1.86. The average molecular weight is 328 g/mol. The molecule has 19 heavy (non-hydrogen) atoms. The van der Waals surface area contributed by atoms with Crippen LogP contribution in [-0.4, -0.2) is 31.5 Å². The first-order valence-electron chi connectivity index (χ1n) is 6.31. The van der Waals surface area contributed by atoms with Gasteiger partial charge in [0.25, 0.3) is 0 Å². The lowest BCUT2D eigenvalue weighted by molar-refractivity contribution is 0.0925. The highest BCUT2D eigenvalue weighted by atomic mass is 79.9. The Morgan fingerprint density at radius 1 is 1.37 bits per heavy atom. The van der Waals surface area contributed by atoms with Crippen LogP contribution in [0.5, 0.6) is 0 Å².